The minimum Gasteiger partial charge on any atom is -0.312 e. The summed E-state index contributed by atoms with van der Waals surface area (Å²) in [6.07, 6.45) is 5.77. The molecule has 0 aromatic heterocycles. The van der Waals surface area contributed by atoms with Crippen molar-refractivity contribution in [3.8, 4) is 0 Å². The Hall–Kier alpha value is 0.210. The van der Waals surface area contributed by atoms with Gasteiger partial charge in [0.2, 0.25) is 0 Å². The third kappa shape index (κ3) is 3.33. The van der Waals surface area contributed by atoms with E-state index in [1.807, 2.05) is 0 Å². The highest BCUT2D eigenvalue weighted by Gasteiger charge is 2.30. The van der Waals surface area contributed by atoms with Crippen molar-refractivity contribution >= 4 is 12.4 Å². The Morgan fingerprint density at radius 1 is 1.33 bits per heavy atom. The molecular formula is C12H25ClN2. The molecule has 1 N–H and O–H groups in total. The van der Waals surface area contributed by atoms with E-state index < -0.39 is 0 Å². The average Bonchev–Trinajstić information content (AvgIpc) is 2.66. The second kappa shape index (κ2) is 6.07. The average molecular weight is 233 g/mol. The molecule has 1 aliphatic heterocycles. The lowest BCUT2D eigenvalue weighted by Crippen LogP contribution is -2.52. The van der Waals surface area contributed by atoms with Crippen LogP contribution in [0.1, 0.15) is 39.5 Å². The van der Waals surface area contributed by atoms with Crippen LogP contribution in [0.4, 0.5) is 0 Å². The Bertz CT molecular complexity index is 186. The van der Waals surface area contributed by atoms with E-state index >= 15 is 0 Å². The van der Waals surface area contributed by atoms with E-state index in [0.29, 0.717) is 6.04 Å². The highest BCUT2D eigenvalue weighted by Crippen LogP contribution is 2.31. The molecular weight excluding hydrogens is 208 g/mol. The molecule has 1 saturated carbocycles. The van der Waals surface area contributed by atoms with Crippen LogP contribution in [-0.2, 0) is 0 Å². The summed E-state index contributed by atoms with van der Waals surface area (Å²) in [6, 6.07) is 1.61. The first kappa shape index (κ1) is 13.3. The van der Waals surface area contributed by atoms with Gasteiger partial charge < -0.3 is 5.32 Å². The molecule has 2 nitrogen and oxygen atoms in total. The van der Waals surface area contributed by atoms with Crippen LogP contribution in [0, 0.1) is 5.92 Å². The van der Waals surface area contributed by atoms with Crippen molar-refractivity contribution in [3.05, 3.63) is 0 Å². The first-order valence-electron chi connectivity index (χ1n) is 6.27. The van der Waals surface area contributed by atoms with E-state index in [1.54, 1.807) is 0 Å². The van der Waals surface area contributed by atoms with E-state index in [4.69, 9.17) is 0 Å². The zero-order valence-electron chi connectivity index (χ0n) is 10.0. The van der Waals surface area contributed by atoms with Gasteiger partial charge in [0.25, 0.3) is 0 Å². The molecule has 2 fully saturated rings. The molecule has 0 amide bonds. The molecule has 1 aliphatic carbocycles. The topological polar surface area (TPSA) is 15.3 Å². The van der Waals surface area contributed by atoms with Crippen LogP contribution in [0.5, 0.6) is 0 Å². The first-order valence-corrected chi connectivity index (χ1v) is 6.27. The highest BCUT2D eigenvalue weighted by atomic mass is 35.5. The molecule has 0 spiro atoms. The first-order chi connectivity index (χ1) is 6.79. The summed E-state index contributed by atoms with van der Waals surface area (Å²) in [6.45, 7) is 8.37. The summed E-state index contributed by atoms with van der Waals surface area (Å²) >= 11 is 0. The maximum Gasteiger partial charge on any atom is 0.0167 e. The van der Waals surface area contributed by atoms with Crippen molar-refractivity contribution in [2.75, 3.05) is 19.6 Å². The van der Waals surface area contributed by atoms with Crippen molar-refractivity contribution in [2.24, 2.45) is 5.92 Å². The second-order valence-corrected chi connectivity index (χ2v) is 5.09. The molecule has 90 valence electrons. The standard InChI is InChI=1S/C12H24N2.ClH/c1-3-11-4-5-12(8-11)14-7-6-13-10(2)9-14;/h10-13H,3-9H2,1-2H3;1H/t10-,11?,12?;/m0./s1. The van der Waals surface area contributed by atoms with Gasteiger partial charge in [-0.05, 0) is 32.1 Å². The van der Waals surface area contributed by atoms with E-state index in [-0.39, 0.29) is 12.4 Å². The summed E-state index contributed by atoms with van der Waals surface area (Å²) in [5.41, 5.74) is 0. The lowest BCUT2D eigenvalue weighted by atomic mass is 10.0. The molecule has 0 radical (unpaired) electrons. The fourth-order valence-electron chi connectivity index (χ4n) is 3.04. The van der Waals surface area contributed by atoms with Crippen molar-refractivity contribution in [1.82, 2.24) is 10.2 Å². The van der Waals surface area contributed by atoms with Crippen molar-refractivity contribution in [2.45, 2.75) is 51.6 Å². The molecule has 3 heteroatoms. The molecule has 15 heavy (non-hydrogen) atoms. The van der Waals surface area contributed by atoms with Crippen LogP contribution in [0.3, 0.4) is 0 Å². The number of hydrogen-bond acceptors (Lipinski definition) is 2. The minimum absolute atomic E-state index is 0. The van der Waals surface area contributed by atoms with E-state index in [9.17, 15) is 0 Å². The van der Waals surface area contributed by atoms with Crippen molar-refractivity contribution in [3.63, 3.8) is 0 Å². The molecule has 2 aliphatic rings. The van der Waals surface area contributed by atoms with Gasteiger partial charge in [-0.3, -0.25) is 4.90 Å². The number of nitrogens with one attached hydrogen (secondary N) is 1. The second-order valence-electron chi connectivity index (χ2n) is 5.09. The molecule has 0 aromatic rings. The van der Waals surface area contributed by atoms with E-state index in [2.05, 4.69) is 24.1 Å². The fourth-order valence-corrected chi connectivity index (χ4v) is 3.04. The lowest BCUT2D eigenvalue weighted by molar-refractivity contribution is 0.147. The Balaban J connectivity index is 0.00000112. The van der Waals surface area contributed by atoms with Gasteiger partial charge >= 0.3 is 0 Å². The third-order valence-corrected chi connectivity index (χ3v) is 4.01. The Kier molecular flexibility index (Phi) is 5.37. The molecule has 2 unspecified atom stereocenters. The van der Waals surface area contributed by atoms with Gasteiger partial charge in [0, 0.05) is 31.7 Å². The third-order valence-electron chi connectivity index (χ3n) is 4.01. The van der Waals surface area contributed by atoms with Gasteiger partial charge in [-0.1, -0.05) is 13.3 Å². The van der Waals surface area contributed by atoms with Gasteiger partial charge in [0.1, 0.15) is 0 Å². The summed E-state index contributed by atoms with van der Waals surface area (Å²) < 4.78 is 0. The van der Waals surface area contributed by atoms with Crippen molar-refractivity contribution < 1.29 is 0 Å². The monoisotopic (exact) mass is 232 g/mol. The number of hydrogen-bond donors (Lipinski definition) is 1. The Morgan fingerprint density at radius 3 is 2.73 bits per heavy atom. The predicted molar refractivity (Wildman–Crippen MR) is 67.7 cm³/mol. The number of piperazine rings is 1. The van der Waals surface area contributed by atoms with Gasteiger partial charge in [0.05, 0.1) is 0 Å². The fraction of sp³-hybridized carbons (Fsp3) is 1.00. The number of nitrogens with zero attached hydrogens (tertiary/aromatic N) is 1. The normalized spacial score (nSPS) is 37.6. The summed E-state index contributed by atoms with van der Waals surface area (Å²) in [7, 11) is 0. The maximum atomic E-state index is 3.52. The van der Waals surface area contributed by atoms with E-state index in [0.717, 1.165) is 12.0 Å². The van der Waals surface area contributed by atoms with Gasteiger partial charge in [-0.25, -0.2) is 0 Å². The summed E-state index contributed by atoms with van der Waals surface area (Å²) in [4.78, 5) is 2.72. The molecule has 0 aromatic carbocycles. The Morgan fingerprint density at radius 2 is 2.13 bits per heavy atom. The van der Waals surface area contributed by atoms with Crippen LogP contribution in [0.25, 0.3) is 0 Å². The van der Waals surface area contributed by atoms with Crippen molar-refractivity contribution in [1.29, 1.82) is 0 Å². The van der Waals surface area contributed by atoms with Gasteiger partial charge in [-0.2, -0.15) is 0 Å². The largest absolute Gasteiger partial charge is 0.312 e. The smallest absolute Gasteiger partial charge is 0.0167 e. The highest BCUT2D eigenvalue weighted by molar-refractivity contribution is 5.85. The van der Waals surface area contributed by atoms with Crippen LogP contribution in [0.2, 0.25) is 0 Å². The molecule has 0 bridgehead atoms. The summed E-state index contributed by atoms with van der Waals surface area (Å²) in [5, 5.41) is 3.52. The Labute approximate surface area is 100 Å². The van der Waals surface area contributed by atoms with Crippen LogP contribution < -0.4 is 5.32 Å². The van der Waals surface area contributed by atoms with Crippen LogP contribution in [0.15, 0.2) is 0 Å². The van der Waals surface area contributed by atoms with Gasteiger partial charge in [-0.15, -0.1) is 12.4 Å². The molecule has 1 saturated heterocycles. The predicted octanol–water partition coefficient (Wildman–Crippen LogP) is 2.28. The van der Waals surface area contributed by atoms with Crippen LogP contribution >= 0.6 is 12.4 Å². The minimum atomic E-state index is 0. The molecule has 1 heterocycles. The zero-order valence-corrected chi connectivity index (χ0v) is 10.9. The quantitative estimate of drug-likeness (QED) is 0.786. The van der Waals surface area contributed by atoms with E-state index in [1.165, 1.54) is 45.3 Å². The zero-order chi connectivity index (χ0) is 9.97. The maximum absolute atomic E-state index is 3.52. The van der Waals surface area contributed by atoms with Crippen LogP contribution in [-0.4, -0.2) is 36.6 Å². The molecule has 2 rings (SSSR count). The number of halogens is 1. The lowest BCUT2D eigenvalue weighted by Gasteiger charge is -2.36. The number of rotatable bonds is 2. The SMILES string of the molecule is CCC1CCC(N2CCN[C@@H](C)C2)C1.Cl. The van der Waals surface area contributed by atoms with Gasteiger partial charge in [0.15, 0.2) is 0 Å². The summed E-state index contributed by atoms with van der Waals surface area (Å²) in [5.74, 6) is 1.02. The molecule has 3 atom stereocenters.